The molecule has 3 rings (SSSR count). The number of amides is 1. The molecular formula is C19H18N2O3. The maximum absolute atomic E-state index is 12.3. The fourth-order valence-corrected chi connectivity index (χ4v) is 2.44. The molecule has 5 heteroatoms. The predicted molar refractivity (Wildman–Crippen MR) is 90.8 cm³/mol. The largest absolute Gasteiger partial charge is 0.454 e. The van der Waals surface area contributed by atoms with Crippen LogP contribution in [-0.4, -0.2) is 10.5 Å². The van der Waals surface area contributed by atoms with Crippen molar-refractivity contribution in [1.29, 1.82) is 0 Å². The van der Waals surface area contributed by atoms with Crippen LogP contribution in [0.5, 0.6) is 0 Å². The van der Waals surface area contributed by atoms with Crippen LogP contribution in [0.3, 0.4) is 0 Å². The van der Waals surface area contributed by atoms with E-state index < -0.39 is 0 Å². The van der Waals surface area contributed by atoms with E-state index in [4.69, 9.17) is 4.42 Å². The molecule has 0 radical (unpaired) electrons. The Morgan fingerprint density at radius 1 is 1.08 bits per heavy atom. The minimum atomic E-state index is -0.280. The zero-order chi connectivity index (χ0) is 16.9. The lowest BCUT2D eigenvalue weighted by Crippen LogP contribution is -2.26. The van der Waals surface area contributed by atoms with Gasteiger partial charge in [-0.25, -0.2) is 0 Å². The van der Waals surface area contributed by atoms with Crippen LogP contribution in [0, 0.1) is 0 Å². The molecule has 122 valence electrons. The number of hydrogen-bond donors (Lipinski definition) is 1. The molecule has 1 atom stereocenters. The highest BCUT2D eigenvalue weighted by molar-refractivity contribution is 5.91. The first kappa shape index (κ1) is 15.8. The molecule has 1 amide bonds. The summed E-state index contributed by atoms with van der Waals surface area (Å²) in [6, 6.07) is 17.9. The van der Waals surface area contributed by atoms with Crippen LogP contribution in [0.15, 0.2) is 76.1 Å². The van der Waals surface area contributed by atoms with Gasteiger partial charge in [-0.15, -0.1) is 0 Å². The summed E-state index contributed by atoms with van der Waals surface area (Å²) in [6.45, 7) is 2.21. The third-order valence-corrected chi connectivity index (χ3v) is 3.76. The summed E-state index contributed by atoms with van der Waals surface area (Å²) in [6.07, 6.45) is 1.68. The van der Waals surface area contributed by atoms with Gasteiger partial charge < -0.3 is 14.3 Å². The van der Waals surface area contributed by atoms with E-state index in [1.165, 1.54) is 10.6 Å². The lowest BCUT2D eigenvalue weighted by molar-refractivity contribution is 0.0910. The minimum Gasteiger partial charge on any atom is -0.454 e. The Labute approximate surface area is 139 Å². The fraction of sp³-hybridized carbons (Fsp3) is 0.158. The van der Waals surface area contributed by atoms with Crippen LogP contribution in [0.4, 0.5) is 0 Å². The Hall–Kier alpha value is -3.08. The molecule has 1 N–H and O–H groups in total. The van der Waals surface area contributed by atoms with E-state index in [2.05, 4.69) is 5.32 Å². The van der Waals surface area contributed by atoms with Gasteiger partial charge in [0.1, 0.15) is 5.76 Å². The SMILES string of the molecule is CC(NC(=O)c1ccc(Cn2ccccc2=O)o1)c1ccccc1. The van der Waals surface area contributed by atoms with Crippen molar-refractivity contribution in [2.75, 3.05) is 0 Å². The Morgan fingerprint density at radius 2 is 1.83 bits per heavy atom. The van der Waals surface area contributed by atoms with Gasteiger partial charge in [-0.1, -0.05) is 36.4 Å². The molecule has 2 aromatic heterocycles. The van der Waals surface area contributed by atoms with Gasteiger partial charge >= 0.3 is 0 Å². The summed E-state index contributed by atoms with van der Waals surface area (Å²) >= 11 is 0. The van der Waals surface area contributed by atoms with Crippen LogP contribution in [0.2, 0.25) is 0 Å². The van der Waals surface area contributed by atoms with E-state index in [0.29, 0.717) is 12.3 Å². The molecule has 3 aromatic rings. The number of carbonyl (C=O) groups excluding carboxylic acids is 1. The maximum Gasteiger partial charge on any atom is 0.287 e. The van der Waals surface area contributed by atoms with Crippen molar-refractivity contribution in [3.05, 3.63) is 94.3 Å². The average Bonchev–Trinajstić information content (AvgIpc) is 3.06. The summed E-state index contributed by atoms with van der Waals surface area (Å²) < 4.78 is 7.09. The first-order chi connectivity index (χ1) is 11.6. The third kappa shape index (κ3) is 3.63. The van der Waals surface area contributed by atoms with E-state index in [1.807, 2.05) is 37.3 Å². The van der Waals surface area contributed by atoms with E-state index in [9.17, 15) is 9.59 Å². The number of benzene rings is 1. The normalized spacial score (nSPS) is 11.9. The van der Waals surface area contributed by atoms with Gasteiger partial charge in [0.15, 0.2) is 5.76 Å². The molecule has 0 saturated carbocycles. The monoisotopic (exact) mass is 322 g/mol. The lowest BCUT2D eigenvalue weighted by Gasteiger charge is -2.13. The smallest absolute Gasteiger partial charge is 0.287 e. The van der Waals surface area contributed by atoms with Crippen molar-refractivity contribution in [1.82, 2.24) is 9.88 Å². The third-order valence-electron chi connectivity index (χ3n) is 3.76. The van der Waals surface area contributed by atoms with Crippen LogP contribution in [0.25, 0.3) is 0 Å². The summed E-state index contributed by atoms with van der Waals surface area (Å²) in [7, 11) is 0. The number of hydrogen-bond acceptors (Lipinski definition) is 3. The lowest BCUT2D eigenvalue weighted by atomic mass is 10.1. The van der Waals surface area contributed by atoms with E-state index in [-0.39, 0.29) is 23.3 Å². The van der Waals surface area contributed by atoms with Gasteiger partial charge in [-0.05, 0) is 30.7 Å². The quantitative estimate of drug-likeness (QED) is 0.785. The number of carbonyl (C=O) groups is 1. The highest BCUT2D eigenvalue weighted by atomic mass is 16.4. The first-order valence-corrected chi connectivity index (χ1v) is 7.73. The molecule has 0 aliphatic rings. The van der Waals surface area contributed by atoms with E-state index >= 15 is 0 Å². The number of aromatic nitrogens is 1. The molecule has 5 nitrogen and oxygen atoms in total. The Balaban J connectivity index is 1.68. The van der Waals surface area contributed by atoms with E-state index in [1.54, 1.807) is 30.5 Å². The van der Waals surface area contributed by atoms with Crippen LogP contribution < -0.4 is 10.9 Å². The van der Waals surface area contributed by atoms with Crippen molar-refractivity contribution in [2.24, 2.45) is 0 Å². The number of pyridine rings is 1. The van der Waals surface area contributed by atoms with Crippen molar-refractivity contribution < 1.29 is 9.21 Å². The summed E-state index contributed by atoms with van der Waals surface area (Å²) in [4.78, 5) is 24.0. The zero-order valence-corrected chi connectivity index (χ0v) is 13.3. The summed E-state index contributed by atoms with van der Waals surface area (Å²) in [5.41, 5.74) is 0.908. The zero-order valence-electron chi connectivity index (χ0n) is 13.3. The van der Waals surface area contributed by atoms with Crippen molar-refractivity contribution >= 4 is 5.91 Å². The second kappa shape index (κ2) is 7.00. The molecule has 0 bridgehead atoms. The standard InChI is InChI=1S/C19H18N2O3/c1-14(15-7-3-2-4-8-15)20-19(23)17-11-10-16(24-17)13-21-12-6-5-9-18(21)22/h2-12,14H,13H2,1H3,(H,20,23). The van der Waals surface area contributed by atoms with Crippen molar-refractivity contribution in [3.8, 4) is 0 Å². The Kier molecular flexibility index (Phi) is 4.61. The molecule has 0 saturated heterocycles. The molecule has 0 spiro atoms. The second-order valence-corrected chi connectivity index (χ2v) is 5.54. The number of nitrogens with zero attached hydrogens (tertiary/aromatic N) is 1. The van der Waals surface area contributed by atoms with Crippen LogP contribution >= 0.6 is 0 Å². The Morgan fingerprint density at radius 3 is 2.58 bits per heavy atom. The molecule has 0 aliphatic heterocycles. The maximum atomic E-state index is 12.3. The molecule has 24 heavy (non-hydrogen) atoms. The minimum absolute atomic E-state index is 0.113. The first-order valence-electron chi connectivity index (χ1n) is 7.73. The summed E-state index contributed by atoms with van der Waals surface area (Å²) in [5, 5.41) is 2.90. The van der Waals surface area contributed by atoms with Crippen LogP contribution in [-0.2, 0) is 6.54 Å². The van der Waals surface area contributed by atoms with Gasteiger partial charge in [-0.3, -0.25) is 9.59 Å². The number of nitrogens with one attached hydrogen (secondary N) is 1. The fourth-order valence-electron chi connectivity index (χ4n) is 2.44. The molecule has 1 aromatic carbocycles. The molecule has 2 heterocycles. The molecular weight excluding hydrogens is 304 g/mol. The van der Waals surface area contributed by atoms with Crippen LogP contribution in [0.1, 0.15) is 34.8 Å². The molecule has 0 aliphatic carbocycles. The number of furan rings is 1. The van der Waals surface area contributed by atoms with Crippen molar-refractivity contribution in [3.63, 3.8) is 0 Å². The van der Waals surface area contributed by atoms with Gasteiger partial charge in [0.05, 0.1) is 12.6 Å². The van der Waals surface area contributed by atoms with Gasteiger partial charge in [0.2, 0.25) is 0 Å². The molecule has 1 unspecified atom stereocenters. The van der Waals surface area contributed by atoms with E-state index in [0.717, 1.165) is 5.56 Å². The number of rotatable bonds is 5. The highest BCUT2D eigenvalue weighted by Gasteiger charge is 2.15. The topological polar surface area (TPSA) is 64.2 Å². The van der Waals surface area contributed by atoms with Crippen molar-refractivity contribution in [2.45, 2.75) is 19.5 Å². The Bertz CT molecular complexity index is 881. The van der Waals surface area contributed by atoms with Gasteiger partial charge in [0.25, 0.3) is 11.5 Å². The van der Waals surface area contributed by atoms with Gasteiger partial charge in [-0.2, -0.15) is 0 Å². The average molecular weight is 322 g/mol. The highest BCUT2D eigenvalue weighted by Crippen LogP contribution is 2.14. The predicted octanol–water partition coefficient (Wildman–Crippen LogP) is 2.98. The summed E-state index contributed by atoms with van der Waals surface area (Å²) in [5.74, 6) is 0.510. The van der Waals surface area contributed by atoms with Gasteiger partial charge in [0, 0.05) is 12.3 Å². The second-order valence-electron chi connectivity index (χ2n) is 5.54. The molecule has 0 fully saturated rings.